The van der Waals surface area contributed by atoms with Gasteiger partial charge in [-0.25, -0.2) is 4.98 Å². The maximum Gasteiger partial charge on any atom is 0.302 e. The van der Waals surface area contributed by atoms with Gasteiger partial charge in [-0.05, 0) is 24.3 Å². The minimum Gasteiger partial charge on any atom is -0.497 e. The molecule has 0 saturated heterocycles. The molecule has 0 unspecified atom stereocenters. The van der Waals surface area contributed by atoms with Crippen molar-refractivity contribution in [2.75, 3.05) is 38.4 Å². The van der Waals surface area contributed by atoms with Crippen LogP contribution in [0.15, 0.2) is 36.5 Å². The largest absolute Gasteiger partial charge is 0.497 e. The number of nitrogens with one attached hydrogen (secondary N) is 2. The van der Waals surface area contributed by atoms with Gasteiger partial charge in [0.25, 0.3) is 0 Å². The number of aromatic nitrogens is 1. The second kappa shape index (κ2) is 7.37. The van der Waals surface area contributed by atoms with Gasteiger partial charge in [0.2, 0.25) is 0 Å². The van der Waals surface area contributed by atoms with E-state index in [-0.39, 0.29) is 5.82 Å². The lowest BCUT2D eigenvalue weighted by Crippen LogP contribution is -2.29. The molecule has 2 N–H and O–H groups in total. The first-order valence-corrected chi connectivity index (χ1v) is 8.45. The SMILES string of the molecule is COc1ccc(Nc2ccc(NS(=O)(=O)N(C)C)nc2)c(OC)c1. The average molecular weight is 352 g/mol. The molecule has 0 fully saturated rings. The Labute approximate surface area is 141 Å². The van der Waals surface area contributed by atoms with Gasteiger partial charge >= 0.3 is 10.2 Å². The highest BCUT2D eigenvalue weighted by atomic mass is 32.2. The summed E-state index contributed by atoms with van der Waals surface area (Å²) in [7, 11) is 2.45. The predicted molar refractivity (Wildman–Crippen MR) is 93.3 cm³/mol. The Morgan fingerprint density at radius 2 is 1.83 bits per heavy atom. The molecule has 9 heteroatoms. The van der Waals surface area contributed by atoms with Crippen LogP contribution >= 0.6 is 0 Å². The molecule has 24 heavy (non-hydrogen) atoms. The zero-order valence-corrected chi connectivity index (χ0v) is 14.7. The average Bonchev–Trinajstić information content (AvgIpc) is 2.56. The maximum absolute atomic E-state index is 11.8. The van der Waals surface area contributed by atoms with E-state index in [0.717, 1.165) is 9.99 Å². The van der Waals surface area contributed by atoms with Crippen molar-refractivity contribution >= 4 is 27.4 Å². The second-order valence-electron chi connectivity index (χ2n) is 5.01. The normalized spacial score (nSPS) is 11.2. The third kappa shape index (κ3) is 4.27. The molecule has 8 nitrogen and oxygen atoms in total. The summed E-state index contributed by atoms with van der Waals surface area (Å²) in [5, 5.41) is 3.16. The Bertz CT molecular complexity index is 792. The van der Waals surface area contributed by atoms with E-state index in [1.54, 1.807) is 38.5 Å². The van der Waals surface area contributed by atoms with Gasteiger partial charge < -0.3 is 14.8 Å². The molecule has 0 aliphatic carbocycles. The van der Waals surface area contributed by atoms with Crippen molar-refractivity contribution in [1.82, 2.24) is 9.29 Å². The first kappa shape index (κ1) is 17.8. The van der Waals surface area contributed by atoms with Gasteiger partial charge in [0, 0.05) is 20.2 Å². The summed E-state index contributed by atoms with van der Waals surface area (Å²) in [6, 6.07) is 8.66. The Kier molecular flexibility index (Phi) is 5.47. The van der Waals surface area contributed by atoms with Crippen LogP contribution in [0.5, 0.6) is 11.5 Å². The molecule has 130 valence electrons. The second-order valence-corrected chi connectivity index (χ2v) is 6.90. The predicted octanol–water partition coefficient (Wildman–Crippen LogP) is 2.06. The molecular formula is C15H20N4O4S. The maximum atomic E-state index is 11.8. The highest BCUT2D eigenvalue weighted by Gasteiger charge is 2.13. The quantitative estimate of drug-likeness (QED) is 0.792. The molecule has 0 aliphatic heterocycles. The zero-order valence-electron chi connectivity index (χ0n) is 13.9. The van der Waals surface area contributed by atoms with E-state index in [4.69, 9.17) is 9.47 Å². The molecule has 2 aromatic rings. The molecule has 2 rings (SSSR count). The van der Waals surface area contributed by atoms with E-state index >= 15 is 0 Å². The van der Waals surface area contributed by atoms with Crippen molar-refractivity contribution < 1.29 is 17.9 Å². The molecular weight excluding hydrogens is 332 g/mol. The molecule has 1 heterocycles. The van der Waals surface area contributed by atoms with E-state index in [0.29, 0.717) is 17.2 Å². The molecule has 1 aromatic carbocycles. The third-order valence-electron chi connectivity index (χ3n) is 3.17. The number of methoxy groups -OCH3 is 2. The Hall–Kier alpha value is -2.52. The van der Waals surface area contributed by atoms with E-state index < -0.39 is 10.2 Å². The highest BCUT2D eigenvalue weighted by molar-refractivity contribution is 7.90. The number of rotatable bonds is 7. The monoisotopic (exact) mass is 352 g/mol. The standard InChI is InChI=1S/C15H20N4O4S/c1-19(2)24(20,21)18-15-8-5-11(10-16-15)17-13-7-6-12(22-3)9-14(13)23-4/h5-10,17H,1-4H3,(H,16,18). The van der Waals surface area contributed by atoms with Crippen molar-refractivity contribution in [1.29, 1.82) is 0 Å². The molecule has 0 saturated carbocycles. The van der Waals surface area contributed by atoms with Crippen LogP contribution < -0.4 is 19.5 Å². The molecule has 1 aromatic heterocycles. The summed E-state index contributed by atoms with van der Waals surface area (Å²) in [5.41, 5.74) is 1.42. The van der Waals surface area contributed by atoms with Crippen LogP contribution in [0, 0.1) is 0 Å². The lowest BCUT2D eigenvalue weighted by Gasteiger charge is -2.14. The first-order valence-electron chi connectivity index (χ1n) is 7.01. The summed E-state index contributed by atoms with van der Waals surface area (Å²) >= 11 is 0. The van der Waals surface area contributed by atoms with Crippen molar-refractivity contribution in [3.8, 4) is 11.5 Å². The number of nitrogens with zero attached hydrogens (tertiary/aromatic N) is 2. The minimum atomic E-state index is -3.57. The number of benzene rings is 1. The van der Waals surface area contributed by atoms with Crippen molar-refractivity contribution in [2.24, 2.45) is 0 Å². The van der Waals surface area contributed by atoms with Crippen LogP contribution in [0.2, 0.25) is 0 Å². The molecule has 0 amide bonds. The van der Waals surface area contributed by atoms with Crippen LogP contribution in [-0.2, 0) is 10.2 Å². The zero-order chi connectivity index (χ0) is 17.7. The van der Waals surface area contributed by atoms with Gasteiger partial charge in [0.05, 0.1) is 31.8 Å². The number of hydrogen-bond donors (Lipinski definition) is 2. The van der Waals surface area contributed by atoms with Crippen molar-refractivity contribution in [3.05, 3.63) is 36.5 Å². The van der Waals surface area contributed by atoms with Gasteiger partial charge in [0.1, 0.15) is 17.3 Å². The van der Waals surface area contributed by atoms with Gasteiger partial charge in [-0.2, -0.15) is 12.7 Å². The molecule has 0 atom stereocenters. The lowest BCUT2D eigenvalue weighted by molar-refractivity contribution is 0.395. The highest BCUT2D eigenvalue weighted by Crippen LogP contribution is 2.31. The van der Waals surface area contributed by atoms with Gasteiger partial charge in [0.15, 0.2) is 0 Å². The number of pyridine rings is 1. The number of ether oxygens (including phenoxy) is 2. The van der Waals surface area contributed by atoms with E-state index in [2.05, 4.69) is 15.0 Å². The van der Waals surface area contributed by atoms with Gasteiger partial charge in [-0.15, -0.1) is 0 Å². The number of anilines is 3. The Morgan fingerprint density at radius 1 is 1.08 bits per heavy atom. The fraction of sp³-hybridized carbons (Fsp3) is 0.267. The molecule has 0 aliphatic rings. The van der Waals surface area contributed by atoms with E-state index in [9.17, 15) is 8.42 Å². The van der Waals surface area contributed by atoms with Crippen LogP contribution in [0.3, 0.4) is 0 Å². The van der Waals surface area contributed by atoms with Crippen LogP contribution in [0.4, 0.5) is 17.2 Å². The number of hydrogen-bond acceptors (Lipinski definition) is 6. The van der Waals surface area contributed by atoms with E-state index in [1.807, 2.05) is 6.07 Å². The first-order chi connectivity index (χ1) is 11.4. The van der Waals surface area contributed by atoms with E-state index in [1.165, 1.54) is 20.3 Å². The van der Waals surface area contributed by atoms with Crippen molar-refractivity contribution in [3.63, 3.8) is 0 Å². The summed E-state index contributed by atoms with van der Waals surface area (Å²) in [6.45, 7) is 0. The summed E-state index contributed by atoms with van der Waals surface area (Å²) in [6.07, 6.45) is 1.52. The molecule has 0 bridgehead atoms. The third-order valence-corrected chi connectivity index (χ3v) is 4.59. The summed E-state index contributed by atoms with van der Waals surface area (Å²) in [5.74, 6) is 1.53. The molecule has 0 spiro atoms. The minimum absolute atomic E-state index is 0.232. The smallest absolute Gasteiger partial charge is 0.302 e. The lowest BCUT2D eigenvalue weighted by atomic mass is 10.2. The van der Waals surface area contributed by atoms with Crippen LogP contribution in [0.1, 0.15) is 0 Å². The van der Waals surface area contributed by atoms with Crippen LogP contribution in [-0.4, -0.2) is 46.0 Å². The van der Waals surface area contributed by atoms with Gasteiger partial charge in [-0.3, -0.25) is 4.72 Å². The van der Waals surface area contributed by atoms with Crippen LogP contribution in [0.25, 0.3) is 0 Å². The fourth-order valence-corrected chi connectivity index (χ4v) is 2.38. The Morgan fingerprint density at radius 3 is 2.38 bits per heavy atom. The fourth-order valence-electron chi connectivity index (χ4n) is 1.81. The Balaban J connectivity index is 2.15. The van der Waals surface area contributed by atoms with Gasteiger partial charge in [-0.1, -0.05) is 0 Å². The van der Waals surface area contributed by atoms with Crippen molar-refractivity contribution in [2.45, 2.75) is 0 Å². The topological polar surface area (TPSA) is 92.8 Å². The molecule has 0 radical (unpaired) electrons. The summed E-state index contributed by atoms with van der Waals surface area (Å²) < 4.78 is 37.4. The summed E-state index contributed by atoms with van der Waals surface area (Å²) in [4.78, 5) is 4.09.